The highest BCUT2D eigenvalue weighted by Gasteiger charge is 2.24. The number of hydrogen-bond donors (Lipinski definition) is 0. The molecule has 0 unspecified atom stereocenters. The molecule has 0 spiro atoms. The van der Waals surface area contributed by atoms with Gasteiger partial charge in [-0.3, -0.25) is 9.05 Å². The molecule has 0 bridgehead atoms. The Labute approximate surface area is 121 Å². The molecule has 0 saturated carbocycles. The SMILES string of the molecule is CC(C)OP(=O)(C#CCOc1ccccc1)OC(C)C. The molecule has 0 aliphatic carbocycles. The zero-order chi connectivity index (χ0) is 15.0. The molecule has 0 heterocycles. The lowest BCUT2D eigenvalue weighted by atomic mass is 10.3. The van der Waals surface area contributed by atoms with Gasteiger partial charge in [-0.1, -0.05) is 18.2 Å². The maximum Gasteiger partial charge on any atom is 0.406 e. The summed E-state index contributed by atoms with van der Waals surface area (Å²) in [5.41, 5.74) is 2.57. The maximum atomic E-state index is 12.4. The number of para-hydroxylation sites is 1. The van der Waals surface area contributed by atoms with Crippen LogP contribution in [0.2, 0.25) is 0 Å². The van der Waals surface area contributed by atoms with Crippen LogP contribution >= 0.6 is 7.60 Å². The number of hydrogen-bond acceptors (Lipinski definition) is 4. The third-order valence-corrected chi connectivity index (χ3v) is 3.80. The first-order chi connectivity index (χ1) is 9.41. The van der Waals surface area contributed by atoms with Gasteiger partial charge in [-0.05, 0) is 45.7 Å². The highest BCUT2D eigenvalue weighted by atomic mass is 31.2. The Morgan fingerprint density at radius 2 is 1.60 bits per heavy atom. The van der Waals surface area contributed by atoms with Crippen LogP contribution in [0.15, 0.2) is 30.3 Å². The van der Waals surface area contributed by atoms with Crippen LogP contribution in [-0.4, -0.2) is 18.8 Å². The van der Waals surface area contributed by atoms with Gasteiger partial charge in [-0.2, -0.15) is 0 Å². The summed E-state index contributed by atoms with van der Waals surface area (Å²) in [6, 6.07) is 9.31. The van der Waals surface area contributed by atoms with Gasteiger partial charge in [0.2, 0.25) is 0 Å². The molecule has 4 nitrogen and oxygen atoms in total. The summed E-state index contributed by atoms with van der Waals surface area (Å²) in [5, 5.41) is 0. The van der Waals surface area contributed by atoms with Gasteiger partial charge in [0.05, 0.1) is 12.2 Å². The molecular weight excluding hydrogens is 275 g/mol. The first-order valence-electron chi connectivity index (χ1n) is 6.56. The summed E-state index contributed by atoms with van der Waals surface area (Å²) in [4.78, 5) is 0. The molecule has 5 heteroatoms. The van der Waals surface area contributed by atoms with E-state index < -0.39 is 7.60 Å². The second-order valence-corrected chi connectivity index (χ2v) is 6.34. The molecule has 1 aromatic carbocycles. The molecule has 0 fully saturated rings. The Morgan fingerprint density at radius 1 is 1.05 bits per heavy atom. The minimum atomic E-state index is -3.39. The second kappa shape index (κ2) is 8.11. The van der Waals surface area contributed by atoms with Crippen molar-refractivity contribution in [3.8, 4) is 17.3 Å². The normalized spacial score (nSPS) is 11.3. The Hall–Kier alpha value is -1.27. The molecule has 0 aliphatic heterocycles. The zero-order valence-electron chi connectivity index (χ0n) is 12.3. The second-order valence-electron chi connectivity index (χ2n) is 4.70. The standard InChI is InChI=1S/C15H21O4P/c1-13(2)18-20(16,19-14(3)4)12-8-11-17-15-9-6-5-7-10-15/h5-7,9-10,13-14H,11H2,1-4H3. The molecule has 0 N–H and O–H groups in total. The molecule has 20 heavy (non-hydrogen) atoms. The van der Waals surface area contributed by atoms with Crippen molar-refractivity contribution < 1.29 is 18.3 Å². The molecule has 110 valence electrons. The van der Waals surface area contributed by atoms with Crippen molar-refractivity contribution in [2.24, 2.45) is 0 Å². The van der Waals surface area contributed by atoms with Gasteiger partial charge >= 0.3 is 7.60 Å². The highest BCUT2D eigenvalue weighted by Crippen LogP contribution is 2.49. The maximum absolute atomic E-state index is 12.4. The van der Waals surface area contributed by atoms with Gasteiger partial charge in [-0.15, -0.1) is 0 Å². The summed E-state index contributed by atoms with van der Waals surface area (Å²) in [6.45, 7) is 7.30. The number of rotatable bonds is 6. The smallest absolute Gasteiger partial charge is 0.406 e. The van der Waals surface area contributed by atoms with E-state index in [2.05, 4.69) is 11.6 Å². The van der Waals surface area contributed by atoms with Crippen molar-refractivity contribution in [1.82, 2.24) is 0 Å². The zero-order valence-corrected chi connectivity index (χ0v) is 13.2. The average molecular weight is 296 g/mol. The Kier molecular flexibility index (Phi) is 6.81. The van der Waals surface area contributed by atoms with Gasteiger partial charge in [0.1, 0.15) is 12.4 Å². The van der Waals surface area contributed by atoms with E-state index in [1.54, 1.807) is 27.7 Å². The quantitative estimate of drug-likeness (QED) is 0.586. The van der Waals surface area contributed by atoms with Crippen molar-refractivity contribution in [2.75, 3.05) is 6.61 Å². The van der Waals surface area contributed by atoms with Gasteiger partial charge in [0, 0.05) is 5.66 Å². The van der Waals surface area contributed by atoms with E-state index in [0.29, 0.717) is 5.75 Å². The van der Waals surface area contributed by atoms with E-state index in [1.807, 2.05) is 30.3 Å². The summed E-state index contributed by atoms with van der Waals surface area (Å²) in [6.07, 6.45) is -0.437. The van der Waals surface area contributed by atoms with Crippen molar-refractivity contribution in [3.05, 3.63) is 30.3 Å². The van der Waals surface area contributed by atoms with Crippen LogP contribution < -0.4 is 4.74 Å². The van der Waals surface area contributed by atoms with Crippen molar-refractivity contribution >= 4 is 7.60 Å². The van der Waals surface area contributed by atoms with Gasteiger partial charge in [0.15, 0.2) is 0 Å². The van der Waals surface area contributed by atoms with Crippen LogP contribution in [0.25, 0.3) is 0 Å². The molecule has 0 radical (unpaired) electrons. The van der Waals surface area contributed by atoms with Gasteiger partial charge in [0.25, 0.3) is 0 Å². The predicted octanol–water partition coefficient (Wildman–Crippen LogP) is 4.07. The fraction of sp³-hybridized carbons (Fsp3) is 0.467. The molecular formula is C15H21O4P. The molecule has 0 aliphatic rings. The Bertz CT molecular complexity index is 486. The monoisotopic (exact) mass is 296 g/mol. The number of benzene rings is 1. The fourth-order valence-corrected chi connectivity index (χ4v) is 2.92. The van der Waals surface area contributed by atoms with E-state index in [1.165, 1.54) is 0 Å². The first-order valence-corrected chi connectivity index (χ1v) is 8.10. The van der Waals surface area contributed by atoms with Gasteiger partial charge < -0.3 is 4.74 Å². The van der Waals surface area contributed by atoms with Crippen LogP contribution in [-0.2, 0) is 13.6 Å². The third kappa shape index (κ3) is 6.77. The number of ether oxygens (including phenoxy) is 1. The Balaban J connectivity index is 2.62. The highest BCUT2D eigenvalue weighted by molar-refractivity contribution is 7.59. The minimum absolute atomic E-state index is 0.136. The van der Waals surface area contributed by atoms with Gasteiger partial charge in [-0.25, -0.2) is 4.57 Å². The van der Waals surface area contributed by atoms with Crippen LogP contribution in [0.4, 0.5) is 0 Å². The largest absolute Gasteiger partial charge is 0.481 e. The Morgan fingerprint density at radius 3 is 2.10 bits per heavy atom. The van der Waals surface area contributed by atoms with Crippen molar-refractivity contribution in [3.63, 3.8) is 0 Å². The third-order valence-electron chi connectivity index (χ3n) is 1.97. The molecule has 0 amide bonds. The minimum Gasteiger partial charge on any atom is -0.481 e. The molecule has 0 aromatic heterocycles. The van der Waals surface area contributed by atoms with E-state index >= 15 is 0 Å². The van der Waals surface area contributed by atoms with Crippen molar-refractivity contribution in [2.45, 2.75) is 39.9 Å². The van der Waals surface area contributed by atoms with Crippen LogP contribution in [0.1, 0.15) is 27.7 Å². The topological polar surface area (TPSA) is 44.8 Å². The van der Waals surface area contributed by atoms with E-state index in [-0.39, 0.29) is 18.8 Å². The lowest BCUT2D eigenvalue weighted by Gasteiger charge is -2.17. The van der Waals surface area contributed by atoms with E-state index in [0.717, 1.165) is 0 Å². The van der Waals surface area contributed by atoms with E-state index in [9.17, 15) is 4.57 Å². The molecule has 0 atom stereocenters. The predicted molar refractivity (Wildman–Crippen MR) is 79.8 cm³/mol. The molecule has 0 saturated heterocycles. The molecule has 1 rings (SSSR count). The summed E-state index contributed by atoms with van der Waals surface area (Å²) in [5.74, 6) is 3.41. The van der Waals surface area contributed by atoms with Crippen molar-refractivity contribution in [1.29, 1.82) is 0 Å². The first kappa shape index (κ1) is 16.8. The van der Waals surface area contributed by atoms with Crippen LogP contribution in [0, 0.1) is 11.6 Å². The fourth-order valence-electron chi connectivity index (χ4n) is 1.40. The summed E-state index contributed by atoms with van der Waals surface area (Å²) < 4.78 is 28.4. The lowest BCUT2D eigenvalue weighted by molar-refractivity contribution is 0.150. The van der Waals surface area contributed by atoms with Crippen LogP contribution in [0.3, 0.4) is 0 Å². The van der Waals surface area contributed by atoms with E-state index in [4.69, 9.17) is 13.8 Å². The lowest BCUT2D eigenvalue weighted by Crippen LogP contribution is -2.07. The summed E-state index contributed by atoms with van der Waals surface area (Å²) in [7, 11) is -3.39. The summed E-state index contributed by atoms with van der Waals surface area (Å²) >= 11 is 0. The average Bonchev–Trinajstić information content (AvgIpc) is 2.34. The molecule has 1 aromatic rings. The van der Waals surface area contributed by atoms with Crippen LogP contribution in [0.5, 0.6) is 5.75 Å².